The average Bonchev–Trinajstić information content (AvgIpc) is 3.30. The van der Waals surface area contributed by atoms with Crippen molar-refractivity contribution in [2.45, 2.75) is 97.8 Å². The molecule has 136 valence electrons. The van der Waals surface area contributed by atoms with Crippen molar-refractivity contribution in [3.05, 3.63) is 47.6 Å². The van der Waals surface area contributed by atoms with E-state index in [1.165, 1.54) is 77.0 Å². The monoisotopic (exact) mass is 328 g/mol. The van der Waals surface area contributed by atoms with E-state index in [4.69, 9.17) is 0 Å². The fourth-order valence-corrected chi connectivity index (χ4v) is 3.41. The van der Waals surface area contributed by atoms with Crippen LogP contribution in [0.3, 0.4) is 0 Å². The van der Waals surface area contributed by atoms with Crippen molar-refractivity contribution < 1.29 is 0 Å². The minimum Gasteiger partial charge on any atom is -0.0805 e. The maximum Gasteiger partial charge on any atom is -0.0132 e. The number of allylic oxidation sites excluding steroid dienone is 8. The Morgan fingerprint density at radius 2 is 1.46 bits per heavy atom. The summed E-state index contributed by atoms with van der Waals surface area (Å²) >= 11 is 0. The highest BCUT2D eigenvalue weighted by Gasteiger charge is 2.09. The molecule has 1 atom stereocenters. The van der Waals surface area contributed by atoms with Crippen molar-refractivity contribution >= 4 is 0 Å². The summed E-state index contributed by atoms with van der Waals surface area (Å²) in [7, 11) is 0. The van der Waals surface area contributed by atoms with Gasteiger partial charge in [0.25, 0.3) is 0 Å². The predicted molar refractivity (Wildman–Crippen MR) is 110 cm³/mol. The lowest BCUT2D eigenvalue weighted by Gasteiger charge is -2.14. The fourth-order valence-electron chi connectivity index (χ4n) is 3.41. The molecule has 0 aliphatic heterocycles. The van der Waals surface area contributed by atoms with Gasteiger partial charge in [0.2, 0.25) is 0 Å². The first-order valence-electron chi connectivity index (χ1n) is 10.5. The van der Waals surface area contributed by atoms with Crippen LogP contribution in [-0.2, 0) is 0 Å². The smallest absolute Gasteiger partial charge is 0.0132 e. The highest BCUT2D eigenvalue weighted by Crippen LogP contribution is 2.25. The van der Waals surface area contributed by atoms with Crippen LogP contribution in [0.4, 0.5) is 0 Å². The zero-order valence-electron chi connectivity index (χ0n) is 16.5. The van der Waals surface area contributed by atoms with Crippen molar-refractivity contribution in [2.75, 3.05) is 0 Å². The van der Waals surface area contributed by atoms with Gasteiger partial charge in [-0.3, -0.25) is 0 Å². The Morgan fingerprint density at radius 3 is 2.00 bits per heavy atom. The molecule has 0 aromatic rings. The van der Waals surface area contributed by atoms with Crippen LogP contribution in [0.1, 0.15) is 97.8 Å². The quantitative estimate of drug-likeness (QED) is 0.334. The summed E-state index contributed by atoms with van der Waals surface area (Å²) in [6.07, 6.45) is 29.6. The first kappa shape index (κ1) is 21.0. The van der Waals surface area contributed by atoms with Crippen LogP contribution in [0, 0.1) is 5.92 Å². The van der Waals surface area contributed by atoms with Crippen molar-refractivity contribution in [3.8, 4) is 0 Å². The summed E-state index contributed by atoms with van der Waals surface area (Å²) in [5.74, 6) is 0.936. The van der Waals surface area contributed by atoms with Gasteiger partial charge < -0.3 is 0 Å². The normalized spacial score (nSPS) is 16.6. The molecule has 1 unspecified atom stereocenters. The molecule has 0 heteroatoms. The Hall–Kier alpha value is -1.04. The molecule has 0 saturated heterocycles. The van der Waals surface area contributed by atoms with Crippen molar-refractivity contribution in [3.63, 3.8) is 0 Å². The van der Waals surface area contributed by atoms with Crippen LogP contribution in [0.25, 0.3) is 0 Å². The Balaban J connectivity index is 0.000000243. The van der Waals surface area contributed by atoms with Gasteiger partial charge in [0.1, 0.15) is 0 Å². The molecule has 24 heavy (non-hydrogen) atoms. The fraction of sp³-hybridized carbons (Fsp3) is 0.667. The standard InChI is InChI=1S/C13H22.C11H18/c1-3-5-8-12(4-2)11-13-9-6-7-10-13;1-2-3-4-5-8-11-9-6-7-10-11/h6-7,9,12H,3-5,8,10-11H2,1-2H3;6-7,9H,2-5,8,10H2,1H3. The second-order valence-electron chi connectivity index (χ2n) is 7.35. The van der Waals surface area contributed by atoms with Crippen LogP contribution in [0.5, 0.6) is 0 Å². The molecule has 0 nitrogen and oxygen atoms in total. The van der Waals surface area contributed by atoms with E-state index >= 15 is 0 Å². The molecule has 0 radical (unpaired) electrons. The van der Waals surface area contributed by atoms with Crippen molar-refractivity contribution in [1.82, 2.24) is 0 Å². The molecule has 2 rings (SSSR count). The van der Waals surface area contributed by atoms with E-state index in [2.05, 4.69) is 57.2 Å². The van der Waals surface area contributed by atoms with E-state index in [-0.39, 0.29) is 0 Å². The Bertz CT molecular complexity index is 419. The molecular formula is C24H40. The molecule has 0 heterocycles. The van der Waals surface area contributed by atoms with Crippen LogP contribution in [-0.4, -0.2) is 0 Å². The summed E-state index contributed by atoms with van der Waals surface area (Å²) in [4.78, 5) is 0. The Morgan fingerprint density at radius 1 is 0.792 bits per heavy atom. The van der Waals surface area contributed by atoms with Gasteiger partial charge in [0.15, 0.2) is 0 Å². The van der Waals surface area contributed by atoms with E-state index in [0.29, 0.717) is 0 Å². The molecule has 0 saturated carbocycles. The zero-order chi connectivity index (χ0) is 17.5. The van der Waals surface area contributed by atoms with Crippen LogP contribution in [0.2, 0.25) is 0 Å². The van der Waals surface area contributed by atoms with Crippen LogP contribution >= 0.6 is 0 Å². The van der Waals surface area contributed by atoms with Crippen LogP contribution < -0.4 is 0 Å². The molecule has 0 N–H and O–H groups in total. The highest BCUT2D eigenvalue weighted by molar-refractivity contribution is 5.23. The zero-order valence-corrected chi connectivity index (χ0v) is 16.5. The summed E-state index contributed by atoms with van der Waals surface area (Å²) in [6, 6.07) is 0. The topological polar surface area (TPSA) is 0 Å². The van der Waals surface area contributed by atoms with E-state index in [0.717, 1.165) is 5.92 Å². The van der Waals surface area contributed by atoms with Crippen molar-refractivity contribution in [1.29, 1.82) is 0 Å². The SMILES string of the molecule is CCCCC(CC)CC1=CC=CC1.CCCCCCC1=CC=CC1. The molecular weight excluding hydrogens is 288 g/mol. The maximum atomic E-state index is 2.32. The van der Waals surface area contributed by atoms with Crippen LogP contribution in [0.15, 0.2) is 47.6 Å². The third-order valence-electron chi connectivity index (χ3n) is 5.14. The molecule has 0 spiro atoms. The van der Waals surface area contributed by atoms with Gasteiger partial charge in [-0.1, -0.05) is 113 Å². The Kier molecular flexibility index (Phi) is 12.5. The van der Waals surface area contributed by atoms with Gasteiger partial charge >= 0.3 is 0 Å². The molecule has 0 amide bonds. The van der Waals surface area contributed by atoms with Gasteiger partial charge in [-0.05, 0) is 38.0 Å². The summed E-state index contributed by atoms with van der Waals surface area (Å²) < 4.78 is 0. The lowest BCUT2D eigenvalue weighted by atomic mass is 9.91. The number of hydrogen-bond donors (Lipinski definition) is 0. The molecule has 0 bridgehead atoms. The molecule has 0 fully saturated rings. The lowest BCUT2D eigenvalue weighted by molar-refractivity contribution is 0.446. The second-order valence-corrected chi connectivity index (χ2v) is 7.35. The minimum absolute atomic E-state index is 0.936. The number of hydrogen-bond acceptors (Lipinski definition) is 0. The van der Waals surface area contributed by atoms with Gasteiger partial charge in [-0.2, -0.15) is 0 Å². The summed E-state index contributed by atoms with van der Waals surface area (Å²) in [5, 5.41) is 0. The number of unbranched alkanes of at least 4 members (excludes halogenated alkanes) is 4. The summed E-state index contributed by atoms with van der Waals surface area (Å²) in [5.41, 5.74) is 3.27. The van der Waals surface area contributed by atoms with Gasteiger partial charge in [0, 0.05) is 0 Å². The maximum absolute atomic E-state index is 2.32. The van der Waals surface area contributed by atoms with Gasteiger partial charge in [-0.15, -0.1) is 0 Å². The first-order valence-corrected chi connectivity index (χ1v) is 10.5. The largest absolute Gasteiger partial charge is 0.0805 e. The third kappa shape index (κ3) is 9.96. The molecule has 0 aromatic carbocycles. The average molecular weight is 329 g/mol. The van der Waals surface area contributed by atoms with Gasteiger partial charge in [-0.25, -0.2) is 0 Å². The molecule has 2 aliphatic carbocycles. The van der Waals surface area contributed by atoms with E-state index < -0.39 is 0 Å². The minimum atomic E-state index is 0.936. The predicted octanol–water partition coefficient (Wildman–Crippen LogP) is 8.32. The van der Waals surface area contributed by atoms with E-state index in [9.17, 15) is 0 Å². The number of rotatable bonds is 11. The van der Waals surface area contributed by atoms with E-state index in [1.54, 1.807) is 11.1 Å². The molecule has 0 aromatic heterocycles. The molecule has 2 aliphatic rings. The van der Waals surface area contributed by atoms with E-state index in [1.807, 2.05) is 0 Å². The second kappa shape index (κ2) is 14.3. The lowest BCUT2D eigenvalue weighted by Crippen LogP contribution is -1.99. The Labute approximate surface area is 151 Å². The van der Waals surface area contributed by atoms with Crippen molar-refractivity contribution in [2.24, 2.45) is 5.92 Å². The third-order valence-corrected chi connectivity index (χ3v) is 5.14. The first-order chi connectivity index (χ1) is 11.8. The summed E-state index contributed by atoms with van der Waals surface area (Å²) in [6.45, 7) is 6.86. The highest BCUT2D eigenvalue weighted by atomic mass is 14.1. The van der Waals surface area contributed by atoms with Gasteiger partial charge in [0.05, 0.1) is 0 Å².